The van der Waals surface area contributed by atoms with Crippen LogP contribution >= 0.6 is 11.3 Å². The first kappa shape index (κ1) is 12.6. The van der Waals surface area contributed by atoms with Crippen LogP contribution in [-0.2, 0) is 11.3 Å². The maximum atomic E-state index is 11.5. The van der Waals surface area contributed by atoms with E-state index in [0.717, 1.165) is 16.0 Å². The van der Waals surface area contributed by atoms with E-state index in [1.54, 1.807) is 6.07 Å². The molecule has 2 aromatic rings. The van der Waals surface area contributed by atoms with E-state index in [1.807, 2.05) is 18.4 Å². The van der Waals surface area contributed by atoms with Crippen molar-refractivity contribution in [3.05, 3.63) is 28.1 Å². The maximum Gasteiger partial charge on any atom is 0.437 e. The summed E-state index contributed by atoms with van der Waals surface area (Å²) in [6.07, 6.45) is 0.847. The van der Waals surface area contributed by atoms with Crippen LogP contribution in [-0.4, -0.2) is 22.2 Å². The van der Waals surface area contributed by atoms with E-state index < -0.39 is 5.76 Å². The molecule has 1 amide bonds. The number of hydrogen-bond donors (Lipinski definition) is 1. The summed E-state index contributed by atoms with van der Waals surface area (Å²) in [4.78, 5) is 23.7. The van der Waals surface area contributed by atoms with Gasteiger partial charge in [-0.15, -0.1) is 16.4 Å². The minimum Gasteiger partial charge on any atom is -0.387 e. The molecule has 1 N–H and O–H groups in total. The van der Waals surface area contributed by atoms with Gasteiger partial charge in [0, 0.05) is 6.54 Å². The highest BCUT2D eigenvalue weighted by Crippen LogP contribution is 2.20. The van der Waals surface area contributed by atoms with Crippen molar-refractivity contribution >= 4 is 17.2 Å². The molecule has 0 atom stereocenters. The third-order valence-corrected chi connectivity index (χ3v) is 3.06. The maximum absolute atomic E-state index is 11.5. The van der Waals surface area contributed by atoms with Gasteiger partial charge in [-0.3, -0.25) is 4.79 Å². The highest BCUT2D eigenvalue weighted by molar-refractivity contribution is 7.13. The van der Waals surface area contributed by atoms with E-state index in [0.29, 0.717) is 6.54 Å². The van der Waals surface area contributed by atoms with Crippen LogP contribution < -0.4 is 11.1 Å². The lowest BCUT2D eigenvalue weighted by Crippen LogP contribution is -2.31. The summed E-state index contributed by atoms with van der Waals surface area (Å²) >= 11 is 1.42. The number of thiophene rings is 1. The Morgan fingerprint density at radius 3 is 3.11 bits per heavy atom. The zero-order valence-corrected chi connectivity index (χ0v) is 10.7. The molecular weight excluding hydrogens is 254 g/mol. The monoisotopic (exact) mass is 267 g/mol. The van der Waals surface area contributed by atoms with Crippen molar-refractivity contribution < 1.29 is 9.21 Å². The molecule has 0 aliphatic heterocycles. The molecule has 0 aliphatic rings. The predicted octanol–water partition coefficient (Wildman–Crippen LogP) is 1.09. The normalized spacial score (nSPS) is 10.5. The van der Waals surface area contributed by atoms with Crippen LogP contribution in [0.5, 0.6) is 0 Å². The number of aromatic nitrogens is 2. The largest absolute Gasteiger partial charge is 0.437 e. The second-order valence-corrected chi connectivity index (χ2v) is 4.61. The molecule has 96 valence electrons. The van der Waals surface area contributed by atoms with Gasteiger partial charge in [-0.25, -0.2) is 4.79 Å². The zero-order valence-electron chi connectivity index (χ0n) is 9.88. The number of nitrogens with one attached hydrogen (secondary N) is 1. The Morgan fingerprint density at radius 1 is 1.61 bits per heavy atom. The summed E-state index contributed by atoms with van der Waals surface area (Å²) in [5.74, 6) is -0.617. The van der Waals surface area contributed by atoms with Gasteiger partial charge in [0.1, 0.15) is 6.54 Å². The van der Waals surface area contributed by atoms with Crippen LogP contribution in [0.2, 0.25) is 0 Å². The SMILES string of the molecule is CCCNC(=O)Cn1nc(-c2cccs2)oc1=O. The fourth-order valence-corrected chi connectivity index (χ4v) is 2.01. The fraction of sp³-hybridized carbons (Fsp3) is 0.364. The first-order valence-electron chi connectivity index (χ1n) is 5.59. The van der Waals surface area contributed by atoms with Crippen LogP contribution in [0.15, 0.2) is 26.7 Å². The van der Waals surface area contributed by atoms with Gasteiger partial charge in [0.05, 0.1) is 4.88 Å². The summed E-state index contributed by atoms with van der Waals surface area (Å²) in [6.45, 7) is 2.42. The van der Waals surface area contributed by atoms with Crippen molar-refractivity contribution in [1.29, 1.82) is 0 Å². The number of hydrogen-bond acceptors (Lipinski definition) is 5. The molecule has 2 heterocycles. The summed E-state index contributed by atoms with van der Waals surface area (Å²) in [5, 5.41) is 8.53. The molecule has 0 fully saturated rings. The fourth-order valence-electron chi connectivity index (χ4n) is 1.36. The molecule has 0 aromatic carbocycles. The minimum atomic E-state index is -0.620. The molecule has 0 spiro atoms. The van der Waals surface area contributed by atoms with Crippen molar-refractivity contribution in [2.75, 3.05) is 6.54 Å². The number of nitrogens with zero attached hydrogens (tertiary/aromatic N) is 2. The van der Waals surface area contributed by atoms with Gasteiger partial charge in [0.2, 0.25) is 5.91 Å². The molecule has 2 aromatic heterocycles. The van der Waals surface area contributed by atoms with Crippen LogP contribution in [0.1, 0.15) is 13.3 Å². The van der Waals surface area contributed by atoms with E-state index >= 15 is 0 Å². The van der Waals surface area contributed by atoms with E-state index in [-0.39, 0.29) is 18.3 Å². The highest BCUT2D eigenvalue weighted by Gasteiger charge is 2.13. The third kappa shape index (κ3) is 2.86. The van der Waals surface area contributed by atoms with Gasteiger partial charge in [-0.1, -0.05) is 13.0 Å². The Balaban J connectivity index is 2.10. The molecule has 0 saturated heterocycles. The Hall–Kier alpha value is -1.89. The Bertz CT molecular complexity index is 571. The van der Waals surface area contributed by atoms with E-state index in [4.69, 9.17) is 4.42 Å². The predicted molar refractivity (Wildman–Crippen MR) is 67.4 cm³/mol. The first-order valence-corrected chi connectivity index (χ1v) is 6.47. The summed E-state index contributed by atoms with van der Waals surface area (Å²) in [7, 11) is 0. The summed E-state index contributed by atoms with van der Waals surface area (Å²) in [5.41, 5.74) is 0. The molecule has 0 bridgehead atoms. The smallest absolute Gasteiger partial charge is 0.387 e. The van der Waals surface area contributed by atoms with Gasteiger partial charge >= 0.3 is 5.76 Å². The second-order valence-electron chi connectivity index (χ2n) is 3.66. The van der Waals surface area contributed by atoms with Crippen LogP contribution in [0.25, 0.3) is 10.8 Å². The Labute approximate surface area is 107 Å². The number of amides is 1. The molecule has 2 rings (SSSR count). The number of carbonyl (C=O) groups excluding carboxylic acids is 1. The topological polar surface area (TPSA) is 77.1 Å². The number of carbonyl (C=O) groups is 1. The highest BCUT2D eigenvalue weighted by atomic mass is 32.1. The summed E-state index contributed by atoms with van der Waals surface area (Å²) in [6, 6.07) is 3.64. The summed E-state index contributed by atoms with van der Waals surface area (Å²) < 4.78 is 6.02. The average Bonchev–Trinajstić information content (AvgIpc) is 2.97. The average molecular weight is 267 g/mol. The van der Waals surface area contributed by atoms with Gasteiger partial charge in [-0.05, 0) is 17.9 Å². The van der Waals surface area contributed by atoms with Gasteiger partial charge in [0.25, 0.3) is 5.89 Å². The standard InChI is InChI=1S/C11H13N3O3S/c1-2-5-12-9(15)7-14-11(16)17-10(13-14)8-4-3-6-18-8/h3-4,6H,2,5,7H2,1H3,(H,12,15). The van der Waals surface area contributed by atoms with Crippen molar-refractivity contribution in [1.82, 2.24) is 15.1 Å². The third-order valence-electron chi connectivity index (χ3n) is 2.20. The van der Waals surface area contributed by atoms with Crippen molar-refractivity contribution in [3.63, 3.8) is 0 Å². The van der Waals surface area contributed by atoms with Crippen LogP contribution in [0.3, 0.4) is 0 Å². The quantitative estimate of drug-likeness (QED) is 0.879. The molecule has 0 aliphatic carbocycles. The van der Waals surface area contributed by atoms with Crippen LogP contribution in [0.4, 0.5) is 0 Å². The molecule has 18 heavy (non-hydrogen) atoms. The Kier molecular flexibility index (Phi) is 3.93. The lowest BCUT2D eigenvalue weighted by atomic mass is 10.4. The first-order chi connectivity index (χ1) is 8.70. The van der Waals surface area contributed by atoms with Crippen molar-refractivity contribution in [2.45, 2.75) is 19.9 Å². The molecule has 6 nitrogen and oxygen atoms in total. The van der Waals surface area contributed by atoms with Crippen molar-refractivity contribution in [2.24, 2.45) is 0 Å². The Morgan fingerprint density at radius 2 is 2.44 bits per heavy atom. The van der Waals surface area contributed by atoms with E-state index in [2.05, 4.69) is 10.4 Å². The van der Waals surface area contributed by atoms with E-state index in [9.17, 15) is 9.59 Å². The van der Waals surface area contributed by atoms with Gasteiger partial charge in [-0.2, -0.15) is 4.68 Å². The van der Waals surface area contributed by atoms with Gasteiger partial charge in [0.15, 0.2) is 0 Å². The zero-order chi connectivity index (χ0) is 13.0. The molecule has 7 heteroatoms. The molecular formula is C11H13N3O3S. The molecule has 0 unspecified atom stereocenters. The molecule has 0 saturated carbocycles. The van der Waals surface area contributed by atoms with Crippen molar-refractivity contribution in [3.8, 4) is 10.8 Å². The molecule has 0 radical (unpaired) electrons. The lowest BCUT2D eigenvalue weighted by Gasteiger charge is -2.00. The van der Waals surface area contributed by atoms with Gasteiger partial charge < -0.3 is 9.73 Å². The van der Waals surface area contributed by atoms with Crippen LogP contribution in [0, 0.1) is 0 Å². The minimum absolute atomic E-state index is 0.117. The number of rotatable bonds is 5. The van der Waals surface area contributed by atoms with E-state index in [1.165, 1.54) is 11.3 Å². The second kappa shape index (κ2) is 5.63. The lowest BCUT2D eigenvalue weighted by molar-refractivity contribution is -0.121.